The first-order valence-corrected chi connectivity index (χ1v) is 19.4. The number of aliphatic carboxylic acids is 1. The highest BCUT2D eigenvalue weighted by atomic mass is 32.2. The highest BCUT2D eigenvalue weighted by Crippen LogP contribution is 2.29. The molecule has 5 amide bonds. The molecule has 15 nitrogen and oxygen atoms in total. The fourth-order valence-electron chi connectivity index (χ4n) is 6.62. The fraction of sp³-hybridized carbons (Fsp3) is 0.541. The van der Waals surface area contributed by atoms with Crippen LogP contribution < -0.4 is 16.4 Å². The number of amides is 5. The molecule has 0 radical (unpaired) electrons. The Bertz CT molecular complexity index is 1630. The first-order valence-electron chi connectivity index (χ1n) is 18.3. The summed E-state index contributed by atoms with van der Waals surface area (Å²) in [5, 5.41) is 30.9. The molecule has 1 saturated heterocycles. The molecule has 4 atom stereocenters. The number of carboxylic acid groups (broad SMARTS) is 1. The van der Waals surface area contributed by atoms with Gasteiger partial charge in [-0.3, -0.25) is 24.2 Å². The minimum absolute atomic E-state index is 0.0111. The second-order valence-corrected chi connectivity index (χ2v) is 15.1. The molecule has 0 saturated carbocycles. The van der Waals surface area contributed by atoms with E-state index in [0.717, 1.165) is 59.8 Å². The van der Waals surface area contributed by atoms with Crippen LogP contribution in [0.5, 0.6) is 0 Å². The molecule has 2 aromatic rings. The molecule has 4 heterocycles. The maximum Gasteiger partial charge on any atom is 0.322 e. The number of hydrazone groups is 1. The number of carbonyl (C=O) groups excluding carboxylic acids is 4. The molecule has 53 heavy (non-hydrogen) atoms. The fourth-order valence-corrected chi connectivity index (χ4v) is 7.79. The second kappa shape index (κ2) is 19.0. The van der Waals surface area contributed by atoms with Crippen LogP contribution in [0.25, 0.3) is 0 Å². The van der Waals surface area contributed by atoms with Gasteiger partial charge in [-0.15, -0.1) is 11.8 Å². The van der Waals surface area contributed by atoms with Crippen molar-refractivity contribution in [1.82, 2.24) is 25.1 Å². The zero-order valence-electron chi connectivity index (χ0n) is 30.1. The molecular weight excluding hydrogens is 701 g/mol. The summed E-state index contributed by atoms with van der Waals surface area (Å²) in [4.78, 5) is 68.7. The van der Waals surface area contributed by atoms with Gasteiger partial charge >= 0.3 is 12.0 Å². The van der Waals surface area contributed by atoms with Gasteiger partial charge in [-0.1, -0.05) is 25.5 Å². The summed E-state index contributed by atoms with van der Waals surface area (Å²) in [6.07, 6.45) is 8.01. The largest absolute Gasteiger partial charge is 0.480 e. The van der Waals surface area contributed by atoms with Crippen molar-refractivity contribution in [3.8, 4) is 0 Å². The molecule has 1 aromatic carbocycles. The maximum absolute atomic E-state index is 12.8. The maximum atomic E-state index is 12.8. The SMILES string of the molecule is CC1CC(=O)N(CCCCCNC(=O)CCCCCN2C(=O)C(SC[C@H](N)C(=O)O)CC2O)N=C1c1ccc(NC(=O)N2Cc3ccncc3C2)cc1. The molecule has 1 aromatic heterocycles. The number of nitrogens with one attached hydrogen (secondary N) is 2. The minimum atomic E-state index is -1.12. The van der Waals surface area contributed by atoms with E-state index in [2.05, 4.69) is 15.6 Å². The van der Waals surface area contributed by atoms with E-state index in [-0.39, 0.29) is 41.8 Å². The van der Waals surface area contributed by atoms with Gasteiger partial charge in [-0.05, 0) is 67.0 Å². The van der Waals surface area contributed by atoms with Crippen LogP contribution in [-0.4, -0.2) is 108 Å². The van der Waals surface area contributed by atoms with E-state index in [1.165, 1.54) is 4.90 Å². The number of thioether (sulfide) groups is 1. The van der Waals surface area contributed by atoms with Crippen molar-refractivity contribution in [3.05, 3.63) is 59.4 Å². The molecular formula is C37H50N8O7S. The number of rotatable bonds is 18. The van der Waals surface area contributed by atoms with Crippen molar-refractivity contribution >= 4 is 52.9 Å². The van der Waals surface area contributed by atoms with Gasteiger partial charge in [0.05, 0.1) is 11.0 Å². The van der Waals surface area contributed by atoms with Crippen LogP contribution in [0.2, 0.25) is 0 Å². The van der Waals surface area contributed by atoms with Crippen LogP contribution in [0.3, 0.4) is 0 Å². The highest BCUT2D eigenvalue weighted by molar-refractivity contribution is 8.00. The van der Waals surface area contributed by atoms with Gasteiger partial charge in [0.15, 0.2) is 0 Å². The van der Waals surface area contributed by atoms with Gasteiger partial charge < -0.3 is 36.4 Å². The molecule has 5 rings (SSSR count). The van der Waals surface area contributed by atoms with E-state index in [4.69, 9.17) is 15.9 Å². The quantitative estimate of drug-likeness (QED) is 0.141. The molecule has 0 aliphatic carbocycles. The number of hydrogen-bond acceptors (Lipinski definition) is 10. The summed E-state index contributed by atoms with van der Waals surface area (Å²) < 4.78 is 0. The van der Waals surface area contributed by atoms with E-state index in [9.17, 15) is 29.1 Å². The Kier molecular flexibility index (Phi) is 14.2. The smallest absolute Gasteiger partial charge is 0.322 e. The lowest BCUT2D eigenvalue weighted by atomic mass is 9.93. The van der Waals surface area contributed by atoms with Crippen molar-refractivity contribution in [2.75, 3.05) is 30.7 Å². The number of urea groups is 1. The predicted octanol–water partition coefficient (Wildman–Crippen LogP) is 3.11. The van der Waals surface area contributed by atoms with E-state index >= 15 is 0 Å². The molecule has 286 valence electrons. The number of carbonyl (C=O) groups is 5. The number of nitrogens with two attached hydrogens (primary N) is 1. The molecule has 6 N–H and O–H groups in total. The molecule has 0 bridgehead atoms. The molecule has 1 fully saturated rings. The Morgan fingerprint density at radius 1 is 1.00 bits per heavy atom. The molecule has 3 aliphatic rings. The number of aromatic nitrogens is 1. The van der Waals surface area contributed by atoms with Gasteiger partial charge in [0.25, 0.3) is 0 Å². The Morgan fingerprint density at radius 3 is 2.49 bits per heavy atom. The van der Waals surface area contributed by atoms with Crippen LogP contribution in [0.1, 0.15) is 81.4 Å². The average molecular weight is 751 g/mol. The van der Waals surface area contributed by atoms with Crippen molar-refractivity contribution in [2.24, 2.45) is 16.8 Å². The molecule has 0 spiro atoms. The number of aliphatic hydroxyl groups is 1. The summed E-state index contributed by atoms with van der Waals surface area (Å²) in [6.45, 7) is 4.49. The number of carboxylic acids is 1. The topological polar surface area (TPSA) is 211 Å². The third-order valence-corrected chi connectivity index (χ3v) is 11.1. The first kappa shape index (κ1) is 39.7. The van der Waals surface area contributed by atoms with Crippen LogP contribution in [-0.2, 0) is 32.3 Å². The standard InChI is InChI=1S/C37H50N8O7S/c1-24-18-33(48)45(42-34(24)25-9-11-28(12-10-25)41-37(52)43-21-26-13-15-39-20-27(26)22-43)17-7-3-5-14-40-31(46)8-4-2-6-16-44-32(47)19-30(35(44)49)53-23-29(38)36(50)51/h9-13,15,20,24,29-30,32,47H,2-8,14,16-19,21-23,38H2,1H3,(H,40,46)(H,41,52)(H,50,51)/t24?,29-,30?,32?/m0/s1. The first-order chi connectivity index (χ1) is 25.5. The van der Waals surface area contributed by atoms with E-state index < -0.39 is 23.5 Å². The lowest BCUT2D eigenvalue weighted by Gasteiger charge is -2.28. The molecule has 3 aliphatic heterocycles. The van der Waals surface area contributed by atoms with Gasteiger partial charge in [0, 0.05) is 81.7 Å². The van der Waals surface area contributed by atoms with Crippen LogP contribution in [0.15, 0.2) is 47.8 Å². The predicted molar refractivity (Wildman–Crippen MR) is 200 cm³/mol. The van der Waals surface area contributed by atoms with Crippen LogP contribution >= 0.6 is 11.8 Å². The minimum Gasteiger partial charge on any atom is -0.480 e. The molecule has 3 unspecified atom stereocenters. The summed E-state index contributed by atoms with van der Waals surface area (Å²) in [5.74, 6) is -1.31. The monoisotopic (exact) mass is 750 g/mol. The van der Waals surface area contributed by atoms with Crippen molar-refractivity contribution in [1.29, 1.82) is 0 Å². The number of nitrogens with zero attached hydrogens (tertiary/aromatic N) is 5. The summed E-state index contributed by atoms with van der Waals surface area (Å²) in [6, 6.07) is 8.25. The Labute approximate surface area is 313 Å². The lowest BCUT2D eigenvalue weighted by Crippen LogP contribution is -2.37. The Hall–Kier alpha value is -4.54. The van der Waals surface area contributed by atoms with Crippen LogP contribution in [0.4, 0.5) is 10.5 Å². The number of unbranched alkanes of at least 4 members (excludes halogenated alkanes) is 4. The van der Waals surface area contributed by atoms with E-state index in [1.807, 2.05) is 37.3 Å². The summed E-state index contributed by atoms with van der Waals surface area (Å²) in [7, 11) is 0. The highest BCUT2D eigenvalue weighted by Gasteiger charge is 2.38. The number of pyridine rings is 1. The lowest BCUT2D eigenvalue weighted by molar-refractivity contribution is -0.138. The van der Waals surface area contributed by atoms with Crippen LogP contribution in [0, 0.1) is 5.92 Å². The number of aliphatic hydroxyl groups excluding tert-OH is 1. The van der Waals surface area contributed by atoms with Crippen molar-refractivity contribution in [3.63, 3.8) is 0 Å². The Balaban J connectivity index is 0.942. The number of likely N-dealkylation sites (tertiary alicyclic amines) is 1. The second-order valence-electron chi connectivity index (χ2n) is 13.9. The zero-order valence-corrected chi connectivity index (χ0v) is 30.9. The number of benzene rings is 1. The number of fused-ring (bicyclic) bond motifs is 1. The molecule has 16 heteroatoms. The third kappa shape index (κ3) is 11.0. The van der Waals surface area contributed by atoms with Gasteiger partial charge in [0.2, 0.25) is 17.7 Å². The summed E-state index contributed by atoms with van der Waals surface area (Å²) in [5.41, 5.74) is 10.1. The van der Waals surface area contributed by atoms with Gasteiger partial charge in [-0.25, -0.2) is 9.80 Å². The van der Waals surface area contributed by atoms with Crippen molar-refractivity contribution in [2.45, 2.75) is 95.3 Å². The van der Waals surface area contributed by atoms with Crippen molar-refractivity contribution < 1.29 is 34.2 Å². The van der Waals surface area contributed by atoms with Gasteiger partial charge in [-0.2, -0.15) is 5.10 Å². The average Bonchev–Trinajstić information content (AvgIpc) is 3.69. The Morgan fingerprint density at radius 2 is 1.74 bits per heavy atom. The van der Waals surface area contributed by atoms with E-state index in [0.29, 0.717) is 64.1 Å². The van der Waals surface area contributed by atoms with E-state index in [1.54, 1.807) is 22.3 Å². The number of anilines is 1. The third-order valence-electron chi connectivity index (χ3n) is 9.72. The normalized spacial score (nSPS) is 20.3. The van der Waals surface area contributed by atoms with Gasteiger partial charge in [0.1, 0.15) is 12.3 Å². The number of hydrogen-bond donors (Lipinski definition) is 5. The summed E-state index contributed by atoms with van der Waals surface area (Å²) >= 11 is 1.16. The zero-order chi connectivity index (χ0) is 37.9.